The van der Waals surface area contributed by atoms with Crippen molar-refractivity contribution >= 4 is 11.6 Å². The van der Waals surface area contributed by atoms with Crippen LogP contribution >= 0.6 is 0 Å². The second-order valence-corrected chi connectivity index (χ2v) is 7.15. The highest BCUT2D eigenvalue weighted by molar-refractivity contribution is 5.90. The Morgan fingerprint density at radius 1 is 1.21 bits per heavy atom. The minimum Gasteiger partial charge on any atom is -0.461 e. The molecule has 33 heavy (non-hydrogen) atoms. The fourth-order valence-corrected chi connectivity index (χ4v) is 3.28. The van der Waals surface area contributed by atoms with E-state index < -0.39 is 30.4 Å². The zero-order valence-electron chi connectivity index (χ0n) is 17.1. The zero-order chi connectivity index (χ0) is 23.4. The summed E-state index contributed by atoms with van der Waals surface area (Å²) in [4.78, 5) is 12.2. The standard InChI is InChI=1S/C22H19F4N3O4/c23-14-3-1-4-16(21(14)24)27-19(30)12-29-9-8-15(28-29)13-6-7-17(33-22(25)26)18(11-13)32-20-5-2-10-31-20/h1,3-4,6-9,11,20,22H,2,5,10,12H2,(H,27,30). The number of halogens is 4. The van der Waals surface area contributed by atoms with Gasteiger partial charge in [0.15, 0.2) is 29.4 Å². The molecule has 3 aromatic rings. The molecule has 174 valence electrons. The summed E-state index contributed by atoms with van der Waals surface area (Å²) in [6.07, 6.45) is 2.36. The van der Waals surface area contributed by atoms with Gasteiger partial charge in [-0.25, -0.2) is 8.78 Å². The molecule has 1 atom stereocenters. The number of ether oxygens (including phenoxy) is 3. The van der Waals surface area contributed by atoms with Crippen LogP contribution in [0.2, 0.25) is 0 Å². The molecule has 1 unspecified atom stereocenters. The molecule has 1 saturated heterocycles. The van der Waals surface area contributed by atoms with Crippen molar-refractivity contribution in [2.45, 2.75) is 32.3 Å². The fourth-order valence-electron chi connectivity index (χ4n) is 3.28. The van der Waals surface area contributed by atoms with Crippen LogP contribution in [0.4, 0.5) is 23.2 Å². The molecule has 7 nitrogen and oxygen atoms in total. The van der Waals surface area contributed by atoms with Gasteiger partial charge in [-0.05, 0) is 42.8 Å². The maximum atomic E-state index is 13.7. The van der Waals surface area contributed by atoms with Gasteiger partial charge in [-0.1, -0.05) is 6.07 Å². The molecule has 0 radical (unpaired) electrons. The van der Waals surface area contributed by atoms with Crippen molar-refractivity contribution < 1.29 is 36.6 Å². The Balaban J connectivity index is 1.48. The number of nitrogens with zero attached hydrogens (tertiary/aromatic N) is 2. The van der Waals surface area contributed by atoms with Crippen LogP contribution in [0.25, 0.3) is 11.3 Å². The normalized spacial score (nSPS) is 15.6. The summed E-state index contributed by atoms with van der Waals surface area (Å²) in [5, 5.41) is 6.57. The van der Waals surface area contributed by atoms with Crippen LogP contribution in [-0.4, -0.2) is 35.2 Å². The second kappa shape index (κ2) is 9.90. The van der Waals surface area contributed by atoms with E-state index in [2.05, 4.69) is 15.2 Å². The number of nitrogens with one attached hydrogen (secondary N) is 1. The highest BCUT2D eigenvalue weighted by Gasteiger charge is 2.21. The molecular formula is C22H19F4N3O4. The van der Waals surface area contributed by atoms with Gasteiger partial charge in [0.05, 0.1) is 18.0 Å². The minimum absolute atomic E-state index is 0.0774. The van der Waals surface area contributed by atoms with E-state index in [1.807, 2.05) is 0 Å². The Morgan fingerprint density at radius 2 is 2.06 bits per heavy atom. The van der Waals surface area contributed by atoms with Crippen molar-refractivity contribution in [3.8, 4) is 22.8 Å². The van der Waals surface area contributed by atoms with E-state index in [9.17, 15) is 22.4 Å². The monoisotopic (exact) mass is 465 g/mol. The van der Waals surface area contributed by atoms with Gasteiger partial charge in [0.25, 0.3) is 0 Å². The van der Waals surface area contributed by atoms with Crippen LogP contribution < -0.4 is 14.8 Å². The van der Waals surface area contributed by atoms with E-state index >= 15 is 0 Å². The number of hydrogen-bond acceptors (Lipinski definition) is 5. The number of anilines is 1. The predicted octanol–water partition coefficient (Wildman–Crippen LogP) is 4.58. The molecule has 1 aliphatic heterocycles. The molecule has 1 aliphatic rings. The molecule has 0 bridgehead atoms. The van der Waals surface area contributed by atoms with E-state index in [1.54, 1.807) is 6.07 Å². The van der Waals surface area contributed by atoms with Crippen LogP contribution in [0.3, 0.4) is 0 Å². The van der Waals surface area contributed by atoms with Crippen LogP contribution in [0, 0.1) is 11.6 Å². The third kappa shape index (κ3) is 5.61. The third-order valence-electron chi connectivity index (χ3n) is 4.77. The number of rotatable bonds is 8. The molecule has 1 amide bonds. The zero-order valence-corrected chi connectivity index (χ0v) is 17.1. The van der Waals surface area contributed by atoms with Crippen molar-refractivity contribution in [3.63, 3.8) is 0 Å². The summed E-state index contributed by atoms with van der Waals surface area (Å²) in [5.41, 5.74) is 0.679. The SMILES string of the molecule is O=C(Cn1ccc(-c2ccc(OC(F)F)c(OC3CCCO3)c2)n1)Nc1cccc(F)c1F. The molecule has 0 aliphatic carbocycles. The van der Waals surface area contributed by atoms with E-state index in [0.29, 0.717) is 24.3 Å². The van der Waals surface area contributed by atoms with E-state index in [1.165, 1.54) is 41.2 Å². The average molecular weight is 465 g/mol. The molecule has 0 saturated carbocycles. The van der Waals surface area contributed by atoms with E-state index in [-0.39, 0.29) is 23.7 Å². The lowest BCUT2D eigenvalue weighted by molar-refractivity contribution is -0.116. The first-order valence-corrected chi connectivity index (χ1v) is 10.0. The van der Waals surface area contributed by atoms with Crippen LogP contribution in [-0.2, 0) is 16.1 Å². The number of aromatic nitrogens is 2. The fraction of sp³-hybridized carbons (Fsp3) is 0.273. The lowest BCUT2D eigenvalue weighted by Crippen LogP contribution is -2.20. The molecule has 1 N–H and O–H groups in total. The molecule has 0 spiro atoms. The highest BCUT2D eigenvalue weighted by Crippen LogP contribution is 2.35. The van der Waals surface area contributed by atoms with E-state index in [4.69, 9.17) is 9.47 Å². The molecule has 2 aromatic carbocycles. The van der Waals surface area contributed by atoms with Gasteiger partial charge in [-0.2, -0.15) is 13.9 Å². The van der Waals surface area contributed by atoms with Crippen molar-refractivity contribution in [1.29, 1.82) is 0 Å². The third-order valence-corrected chi connectivity index (χ3v) is 4.77. The Bertz CT molecular complexity index is 1130. The molecule has 11 heteroatoms. The van der Waals surface area contributed by atoms with Gasteiger partial charge in [0, 0.05) is 18.2 Å². The Hall–Kier alpha value is -3.60. The minimum atomic E-state index is -3.02. The molecule has 1 aromatic heterocycles. The number of amides is 1. The second-order valence-electron chi connectivity index (χ2n) is 7.15. The number of alkyl halides is 2. The van der Waals surface area contributed by atoms with Gasteiger partial charge < -0.3 is 19.5 Å². The first kappa shape index (κ1) is 22.6. The number of hydrogen-bond donors (Lipinski definition) is 1. The molecule has 2 heterocycles. The van der Waals surface area contributed by atoms with Crippen molar-refractivity contribution in [1.82, 2.24) is 9.78 Å². The summed E-state index contributed by atoms with van der Waals surface area (Å²) in [6.45, 7) is -2.77. The van der Waals surface area contributed by atoms with Gasteiger partial charge in [-0.3, -0.25) is 9.48 Å². The molecule has 1 fully saturated rings. The number of carbonyl (C=O) groups excluding carboxylic acids is 1. The topological polar surface area (TPSA) is 74.6 Å². The van der Waals surface area contributed by atoms with Gasteiger partial charge in [0.2, 0.25) is 5.91 Å². The first-order valence-electron chi connectivity index (χ1n) is 10.0. The number of carbonyl (C=O) groups is 1. The summed E-state index contributed by atoms with van der Waals surface area (Å²) >= 11 is 0. The van der Waals surface area contributed by atoms with Crippen molar-refractivity contribution in [2.24, 2.45) is 0 Å². The predicted molar refractivity (Wildman–Crippen MR) is 109 cm³/mol. The lowest BCUT2D eigenvalue weighted by Gasteiger charge is -2.17. The van der Waals surface area contributed by atoms with Gasteiger partial charge in [-0.15, -0.1) is 0 Å². The number of benzene rings is 2. The Labute approximate surface area is 185 Å². The largest absolute Gasteiger partial charge is 0.461 e. The smallest absolute Gasteiger partial charge is 0.387 e. The summed E-state index contributed by atoms with van der Waals surface area (Å²) < 4.78 is 69.4. The highest BCUT2D eigenvalue weighted by atomic mass is 19.3. The maximum Gasteiger partial charge on any atom is 0.387 e. The van der Waals surface area contributed by atoms with E-state index in [0.717, 1.165) is 12.5 Å². The van der Waals surface area contributed by atoms with Crippen LogP contribution in [0.1, 0.15) is 12.8 Å². The van der Waals surface area contributed by atoms with Crippen LogP contribution in [0.15, 0.2) is 48.7 Å². The summed E-state index contributed by atoms with van der Waals surface area (Å²) in [7, 11) is 0. The first-order chi connectivity index (χ1) is 15.9. The Kier molecular flexibility index (Phi) is 6.78. The summed E-state index contributed by atoms with van der Waals surface area (Å²) in [6, 6.07) is 9.42. The van der Waals surface area contributed by atoms with Crippen molar-refractivity contribution in [2.75, 3.05) is 11.9 Å². The average Bonchev–Trinajstić information content (AvgIpc) is 3.44. The molecule has 4 rings (SSSR count). The molecular weight excluding hydrogens is 446 g/mol. The lowest BCUT2D eigenvalue weighted by atomic mass is 10.1. The summed E-state index contributed by atoms with van der Waals surface area (Å²) in [5.74, 6) is -2.91. The maximum absolute atomic E-state index is 13.7. The van der Waals surface area contributed by atoms with Crippen molar-refractivity contribution in [3.05, 3.63) is 60.3 Å². The van der Waals surface area contributed by atoms with Gasteiger partial charge in [0.1, 0.15) is 6.54 Å². The van der Waals surface area contributed by atoms with Gasteiger partial charge >= 0.3 is 6.61 Å². The van der Waals surface area contributed by atoms with Crippen LogP contribution in [0.5, 0.6) is 11.5 Å². The quantitative estimate of drug-likeness (QED) is 0.493. The Morgan fingerprint density at radius 3 is 2.82 bits per heavy atom.